The summed E-state index contributed by atoms with van der Waals surface area (Å²) in [6.07, 6.45) is 4.01. The molecule has 1 aromatic heterocycles. The van der Waals surface area contributed by atoms with E-state index in [1.54, 1.807) is 0 Å². The van der Waals surface area contributed by atoms with Gasteiger partial charge in [-0.3, -0.25) is 4.90 Å². The zero-order valence-electron chi connectivity index (χ0n) is 11.6. The maximum absolute atomic E-state index is 5.94. The van der Waals surface area contributed by atoms with Crippen molar-refractivity contribution in [1.82, 2.24) is 4.90 Å². The molecule has 1 unspecified atom stereocenters. The Morgan fingerprint density at radius 2 is 2.22 bits per heavy atom. The molecule has 1 aromatic rings. The summed E-state index contributed by atoms with van der Waals surface area (Å²) < 4.78 is 0. The molecule has 0 radical (unpaired) electrons. The Hall–Kier alpha value is -0.380. The van der Waals surface area contributed by atoms with Gasteiger partial charge in [-0.1, -0.05) is 19.9 Å². The van der Waals surface area contributed by atoms with Crippen LogP contribution in [0.3, 0.4) is 0 Å². The van der Waals surface area contributed by atoms with Crippen molar-refractivity contribution in [2.24, 2.45) is 17.6 Å². The van der Waals surface area contributed by atoms with E-state index in [0.29, 0.717) is 5.92 Å². The van der Waals surface area contributed by atoms with E-state index in [1.165, 1.54) is 30.7 Å². The van der Waals surface area contributed by atoms with Crippen LogP contribution in [0.4, 0.5) is 0 Å². The zero-order chi connectivity index (χ0) is 13.0. The van der Waals surface area contributed by atoms with Crippen molar-refractivity contribution < 1.29 is 0 Å². The molecule has 1 heterocycles. The molecule has 0 bridgehead atoms. The minimum atomic E-state index is 0.658. The largest absolute Gasteiger partial charge is 0.330 e. The Labute approximate surface area is 115 Å². The molecule has 2 nitrogen and oxygen atoms in total. The molecule has 2 N–H and O–H groups in total. The summed E-state index contributed by atoms with van der Waals surface area (Å²) in [4.78, 5) is 4.15. The first-order valence-electron chi connectivity index (χ1n) is 7.15. The maximum atomic E-state index is 5.94. The Morgan fingerprint density at radius 3 is 2.72 bits per heavy atom. The van der Waals surface area contributed by atoms with E-state index in [4.69, 9.17) is 5.73 Å². The number of rotatable bonds is 8. The van der Waals surface area contributed by atoms with Gasteiger partial charge in [0.25, 0.3) is 0 Å². The van der Waals surface area contributed by atoms with Crippen molar-refractivity contribution in [1.29, 1.82) is 0 Å². The molecule has 3 heteroatoms. The maximum Gasteiger partial charge on any atom is 0.0330 e. The van der Waals surface area contributed by atoms with E-state index in [0.717, 1.165) is 25.0 Å². The van der Waals surface area contributed by atoms with Crippen LogP contribution in [-0.2, 0) is 6.54 Å². The average molecular weight is 266 g/mol. The van der Waals surface area contributed by atoms with Crippen LogP contribution in [-0.4, -0.2) is 24.0 Å². The molecule has 1 aliphatic carbocycles. The van der Waals surface area contributed by atoms with Crippen molar-refractivity contribution in [2.75, 3.05) is 13.1 Å². The standard InChI is InChI=1S/C15H26N2S/c1-12(2)8-13(9-16)10-17(14-5-6-14)11-15-4-3-7-18-15/h3-4,7,12-14H,5-6,8-11,16H2,1-2H3. The zero-order valence-corrected chi connectivity index (χ0v) is 12.5. The molecule has 1 saturated carbocycles. The van der Waals surface area contributed by atoms with Gasteiger partial charge in [0.05, 0.1) is 0 Å². The number of nitrogens with two attached hydrogens (primary N) is 1. The van der Waals surface area contributed by atoms with Gasteiger partial charge in [-0.2, -0.15) is 0 Å². The van der Waals surface area contributed by atoms with Gasteiger partial charge < -0.3 is 5.73 Å². The lowest BCUT2D eigenvalue weighted by molar-refractivity contribution is 0.202. The van der Waals surface area contributed by atoms with Crippen LogP contribution in [0.15, 0.2) is 17.5 Å². The molecule has 18 heavy (non-hydrogen) atoms. The van der Waals surface area contributed by atoms with E-state index in [-0.39, 0.29) is 0 Å². The van der Waals surface area contributed by atoms with Crippen LogP contribution >= 0.6 is 11.3 Å². The first-order chi connectivity index (χ1) is 8.69. The molecule has 1 atom stereocenters. The fraction of sp³-hybridized carbons (Fsp3) is 0.733. The minimum Gasteiger partial charge on any atom is -0.330 e. The smallest absolute Gasteiger partial charge is 0.0330 e. The topological polar surface area (TPSA) is 29.3 Å². The first kappa shape index (κ1) is 14.0. The van der Waals surface area contributed by atoms with Gasteiger partial charge in [-0.15, -0.1) is 11.3 Å². The summed E-state index contributed by atoms with van der Waals surface area (Å²) in [5.41, 5.74) is 5.94. The molecule has 0 spiro atoms. The lowest BCUT2D eigenvalue weighted by Gasteiger charge is -2.27. The third-order valence-electron chi connectivity index (χ3n) is 3.63. The summed E-state index contributed by atoms with van der Waals surface area (Å²) in [6, 6.07) is 5.23. The third-order valence-corrected chi connectivity index (χ3v) is 4.49. The SMILES string of the molecule is CC(C)CC(CN)CN(Cc1cccs1)C1CC1. The number of hydrogen-bond donors (Lipinski definition) is 1. The minimum absolute atomic E-state index is 0.658. The highest BCUT2D eigenvalue weighted by Crippen LogP contribution is 2.30. The summed E-state index contributed by atoms with van der Waals surface area (Å²) in [6.45, 7) is 7.72. The number of thiophene rings is 1. The molecule has 2 rings (SSSR count). The monoisotopic (exact) mass is 266 g/mol. The molecule has 0 saturated heterocycles. The summed E-state index contributed by atoms with van der Waals surface area (Å²) in [5, 5.41) is 2.18. The highest BCUT2D eigenvalue weighted by atomic mass is 32.1. The molecular formula is C15H26N2S. The third kappa shape index (κ3) is 4.38. The van der Waals surface area contributed by atoms with Gasteiger partial charge in [-0.05, 0) is 49.1 Å². The number of hydrogen-bond acceptors (Lipinski definition) is 3. The Kier molecular flexibility index (Phi) is 5.22. The van der Waals surface area contributed by atoms with Gasteiger partial charge >= 0.3 is 0 Å². The molecule has 0 aromatic carbocycles. The van der Waals surface area contributed by atoms with E-state index >= 15 is 0 Å². The molecule has 102 valence electrons. The van der Waals surface area contributed by atoms with Crippen LogP contribution in [0.25, 0.3) is 0 Å². The molecule has 1 fully saturated rings. The predicted octanol–water partition coefficient (Wildman–Crippen LogP) is 3.33. The van der Waals surface area contributed by atoms with Crippen molar-refractivity contribution >= 4 is 11.3 Å². The lowest BCUT2D eigenvalue weighted by atomic mass is 9.96. The van der Waals surface area contributed by atoms with E-state index in [1.807, 2.05) is 11.3 Å². The fourth-order valence-corrected chi connectivity index (χ4v) is 3.36. The summed E-state index contributed by atoms with van der Waals surface area (Å²) in [7, 11) is 0. The van der Waals surface area contributed by atoms with Gasteiger partial charge in [0, 0.05) is 24.0 Å². The summed E-state index contributed by atoms with van der Waals surface area (Å²) >= 11 is 1.87. The normalized spacial score (nSPS) is 17.6. The highest BCUT2D eigenvalue weighted by Gasteiger charge is 2.30. The van der Waals surface area contributed by atoms with E-state index in [9.17, 15) is 0 Å². The van der Waals surface area contributed by atoms with Crippen molar-refractivity contribution in [2.45, 2.75) is 45.7 Å². The van der Waals surface area contributed by atoms with Crippen molar-refractivity contribution in [3.8, 4) is 0 Å². The van der Waals surface area contributed by atoms with Crippen LogP contribution in [0.2, 0.25) is 0 Å². The highest BCUT2D eigenvalue weighted by molar-refractivity contribution is 7.09. The molecule has 0 aliphatic heterocycles. The molecular weight excluding hydrogens is 240 g/mol. The molecule has 1 aliphatic rings. The Bertz CT molecular complexity index is 330. The van der Waals surface area contributed by atoms with Crippen LogP contribution < -0.4 is 5.73 Å². The fourth-order valence-electron chi connectivity index (χ4n) is 2.63. The van der Waals surface area contributed by atoms with Gasteiger partial charge in [0.2, 0.25) is 0 Å². The average Bonchev–Trinajstić information content (AvgIpc) is 3.06. The lowest BCUT2D eigenvalue weighted by Crippen LogP contribution is -2.34. The van der Waals surface area contributed by atoms with E-state index in [2.05, 4.69) is 36.3 Å². The second-order valence-corrected chi connectivity index (χ2v) is 7.00. The van der Waals surface area contributed by atoms with Gasteiger partial charge in [0.1, 0.15) is 0 Å². The predicted molar refractivity (Wildman–Crippen MR) is 79.8 cm³/mol. The van der Waals surface area contributed by atoms with Crippen LogP contribution in [0, 0.1) is 11.8 Å². The molecule has 0 amide bonds. The van der Waals surface area contributed by atoms with E-state index < -0.39 is 0 Å². The van der Waals surface area contributed by atoms with Crippen molar-refractivity contribution in [3.05, 3.63) is 22.4 Å². The van der Waals surface area contributed by atoms with Gasteiger partial charge in [0.15, 0.2) is 0 Å². The second-order valence-electron chi connectivity index (χ2n) is 5.97. The summed E-state index contributed by atoms with van der Waals surface area (Å²) in [5.74, 6) is 1.41. The van der Waals surface area contributed by atoms with Crippen molar-refractivity contribution in [3.63, 3.8) is 0 Å². The van der Waals surface area contributed by atoms with Crippen LogP contribution in [0.1, 0.15) is 38.0 Å². The first-order valence-corrected chi connectivity index (χ1v) is 8.03. The number of nitrogens with zero attached hydrogens (tertiary/aromatic N) is 1. The Morgan fingerprint density at radius 1 is 1.44 bits per heavy atom. The van der Waals surface area contributed by atoms with Gasteiger partial charge in [-0.25, -0.2) is 0 Å². The quantitative estimate of drug-likeness (QED) is 0.782. The second kappa shape index (κ2) is 6.69. The van der Waals surface area contributed by atoms with Crippen LogP contribution in [0.5, 0.6) is 0 Å². The Balaban J connectivity index is 1.88.